The molecule has 27 heavy (non-hydrogen) atoms. The number of ketones is 1. The summed E-state index contributed by atoms with van der Waals surface area (Å²) >= 11 is 0. The number of hydrogen-bond acceptors (Lipinski definition) is 4. The molecule has 5 nitrogen and oxygen atoms in total. The lowest BCUT2D eigenvalue weighted by Gasteiger charge is -2.16. The smallest absolute Gasteiger partial charge is 0.303 e. The van der Waals surface area contributed by atoms with Crippen LogP contribution in [0.5, 0.6) is 0 Å². The molecule has 1 aliphatic carbocycles. The number of carbonyl (C=O) groups excluding carboxylic acids is 1. The highest BCUT2D eigenvalue weighted by Gasteiger charge is 2.39. The summed E-state index contributed by atoms with van der Waals surface area (Å²) in [5.41, 5.74) is 0. The molecule has 1 saturated carbocycles. The second-order valence-corrected chi connectivity index (χ2v) is 7.57. The molecule has 154 valence electrons. The van der Waals surface area contributed by atoms with Crippen LogP contribution in [0.4, 0.5) is 0 Å². The fraction of sp³-hybridized carbons (Fsp3) is 0.727. The molecule has 0 aliphatic heterocycles. The Labute approximate surface area is 163 Å². The molecule has 1 unspecified atom stereocenters. The minimum absolute atomic E-state index is 0.0868. The molecule has 0 heterocycles. The number of allylic oxidation sites excluding steroid dienone is 2. The number of hydrogen-bond donors (Lipinski definition) is 3. The van der Waals surface area contributed by atoms with E-state index in [0.717, 1.165) is 38.5 Å². The van der Waals surface area contributed by atoms with Gasteiger partial charge < -0.3 is 15.3 Å². The second-order valence-electron chi connectivity index (χ2n) is 7.57. The van der Waals surface area contributed by atoms with E-state index < -0.39 is 18.2 Å². The highest BCUT2D eigenvalue weighted by atomic mass is 16.4. The van der Waals surface area contributed by atoms with Crippen LogP contribution in [0.1, 0.15) is 77.6 Å². The number of carboxylic acids is 1. The molecule has 0 spiro atoms. The van der Waals surface area contributed by atoms with Crippen LogP contribution >= 0.6 is 0 Å². The van der Waals surface area contributed by atoms with E-state index in [1.807, 2.05) is 18.2 Å². The van der Waals surface area contributed by atoms with Gasteiger partial charge in [0.1, 0.15) is 5.78 Å². The Morgan fingerprint density at radius 2 is 1.96 bits per heavy atom. The highest BCUT2D eigenvalue weighted by molar-refractivity contribution is 5.84. The van der Waals surface area contributed by atoms with Crippen molar-refractivity contribution in [1.29, 1.82) is 0 Å². The van der Waals surface area contributed by atoms with Gasteiger partial charge in [-0.1, -0.05) is 56.9 Å². The molecule has 1 rings (SSSR count). The third-order valence-corrected chi connectivity index (χ3v) is 5.21. The minimum atomic E-state index is -0.751. The number of unbranched alkanes of at least 4 members (excludes halogenated alkanes) is 5. The molecule has 0 aromatic heterocycles. The maximum atomic E-state index is 12.2. The van der Waals surface area contributed by atoms with E-state index in [1.54, 1.807) is 6.08 Å². The number of aliphatic hydroxyl groups excluding tert-OH is 2. The van der Waals surface area contributed by atoms with Crippen molar-refractivity contribution in [3.05, 3.63) is 24.3 Å². The number of carbonyl (C=O) groups is 2. The summed E-state index contributed by atoms with van der Waals surface area (Å²) in [6.45, 7) is 2.12. The fourth-order valence-electron chi connectivity index (χ4n) is 3.56. The molecule has 0 saturated heterocycles. The Morgan fingerprint density at radius 3 is 2.67 bits per heavy atom. The molecule has 4 atom stereocenters. The lowest BCUT2D eigenvalue weighted by Crippen LogP contribution is -2.18. The van der Waals surface area contributed by atoms with Crippen LogP contribution in [0.25, 0.3) is 0 Å². The van der Waals surface area contributed by atoms with Gasteiger partial charge in [-0.05, 0) is 32.1 Å². The van der Waals surface area contributed by atoms with Crippen LogP contribution in [-0.4, -0.2) is 39.3 Å². The summed E-state index contributed by atoms with van der Waals surface area (Å²) in [6.07, 6.45) is 14.7. The lowest BCUT2D eigenvalue weighted by molar-refractivity contribution is -0.137. The van der Waals surface area contributed by atoms with Crippen molar-refractivity contribution < 1.29 is 24.9 Å². The Morgan fingerprint density at radius 1 is 1.19 bits per heavy atom. The van der Waals surface area contributed by atoms with Gasteiger partial charge in [-0.25, -0.2) is 0 Å². The molecule has 5 heteroatoms. The first kappa shape index (κ1) is 23.6. The SMILES string of the molecule is CCCCC[C@H](O)/C=C/[C@@H]1C(C/C=C\CCCCCC(=O)O)C(=O)C[C@H]1O. The van der Waals surface area contributed by atoms with E-state index in [-0.39, 0.29) is 30.5 Å². The number of carboxylic acid groups (broad SMARTS) is 1. The van der Waals surface area contributed by atoms with Crippen LogP contribution in [-0.2, 0) is 9.59 Å². The molecule has 0 aromatic carbocycles. The van der Waals surface area contributed by atoms with Crippen LogP contribution < -0.4 is 0 Å². The number of aliphatic carboxylic acids is 1. The van der Waals surface area contributed by atoms with E-state index in [2.05, 4.69) is 6.92 Å². The molecule has 1 aliphatic rings. The molecular formula is C22H36O5. The molecule has 3 N–H and O–H groups in total. The first-order valence-corrected chi connectivity index (χ1v) is 10.4. The van der Waals surface area contributed by atoms with Crippen LogP contribution in [0.15, 0.2) is 24.3 Å². The maximum Gasteiger partial charge on any atom is 0.303 e. The third kappa shape index (κ3) is 9.87. The molecular weight excluding hydrogens is 344 g/mol. The van der Waals surface area contributed by atoms with Crippen LogP contribution in [0.2, 0.25) is 0 Å². The van der Waals surface area contributed by atoms with E-state index in [0.29, 0.717) is 19.3 Å². The molecule has 0 aromatic rings. The number of rotatable bonds is 14. The van der Waals surface area contributed by atoms with Crippen molar-refractivity contribution in [2.75, 3.05) is 0 Å². The molecule has 0 radical (unpaired) electrons. The summed E-state index contributed by atoms with van der Waals surface area (Å²) in [6, 6.07) is 0. The first-order chi connectivity index (χ1) is 13.0. The quantitative estimate of drug-likeness (QED) is 0.312. The normalized spacial score (nSPS) is 24.3. The summed E-state index contributed by atoms with van der Waals surface area (Å²) in [5, 5.41) is 28.8. The summed E-state index contributed by atoms with van der Waals surface area (Å²) in [7, 11) is 0. The van der Waals surface area contributed by atoms with Crippen LogP contribution in [0, 0.1) is 11.8 Å². The van der Waals surface area contributed by atoms with Gasteiger partial charge in [-0.15, -0.1) is 0 Å². The van der Waals surface area contributed by atoms with E-state index in [9.17, 15) is 19.8 Å². The summed E-state index contributed by atoms with van der Waals surface area (Å²) in [4.78, 5) is 22.6. The van der Waals surface area contributed by atoms with Gasteiger partial charge in [-0.3, -0.25) is 9.59 Å². The summed E-state index contributed by atoms with van der Waals surface area (Å²) in [5.74, 6) is -1.11. The van der Waals surface area contributed by atoms with Gasteiger partial charge in [-0.2, -0.15) is 0 Å². The van der Waals surface area contributed by atoms with Crippen molar-refractivity contribution in [2.45, 2.75) is 89.8 Å². The van der Waals surface area contributed by atoms with E-state index >= 15 is 0 Å². The van der Waals surface area contributed by atoms with Gasteiger partial charge in [0, 0.05) is 24.7 Å². The number of Topliss-reactive ketones (excluding diaryl/α,β-unsaturated/α-hetero) is 1. The van der Waals surface area contributed by atoms with Crippen molar-refractivity contribution in [3.8, 4) is 0 Å². The third-order valence-electron chi connectivity index (χ3n) is 5.21. The highest BCUT2D eigenvalue weighted by Crippen LogP contribution is 2.33. The Kier molecular flexibility index (Phi) is 11.9. The predicted molar refractivity (Wildman–Crippen MR) is 106 cm³/mol. The summed E-state index contributed by atoms with van der Waals surface area (Å²) < 4.78 is 0. The Bertz CT molecular complexity index is 497. The zero-order chi connectivity index (χ0) is 20.1. The minimum Gasteiger partial charge on any atom is -0.481 e. The zero-order valence-electron chi connectivity index (χ0n) is 16.6. The lowest BCUT2D eigenvalue weighted by atomic mass is 9.90. The van der Waals surface area contributed by atoms with Gasteiger partial charge in [0.25, 0.3) is 0 Å². The monoisotopic (exact) mass is 380 g/mol. The van der Waals surface area contributed by atoms with Crippen molar-refractivity contribution >= 4 is 11.8 Å². The predicted octanol–water partition coefficient (Wildman–Crippen LogP) is 4.03. The fourth-order valence-corrected chi connectivity index (χ4v) is 3.56. The molecule has 0 amide bonds. The Hall–Kier alpha value is -1.46. The molecule has 0 bridgehead atoms. The Balaban J connectivity index is 2.39. The van der Waals surface area contributed by atoms with Gasteiger partial charge in [0.15, 0.2) is 0 Å². The zero-order valence-corrected chi connectivity index (χ0v) is 16.6. The van der Waals surface area contributed by atoms with Crippen molar-refractivity contribution in [2.24, 2.45) is 11.8 Å². The van der Waals surface area contributed by atoms with Gasteiger partial charge >= 0.3 is 5.97 Å². The molecule has 1 fully saturated rings. The standard InChI is InChI=1S/C22H36O5/c1-2-3-8-11-17(23)14-15-19-18(20(24)16-21(19)25)12-9-6-4-5-7-10-13-22(26)27/h6,9,14-15,17-19,21,23,25H,2-5,7-8,10-13,16H2,1H3,(H,26,27)/b9-6-,15-14+/t17-,18?,19+,21+/m0/s1. The largest absolute Gasteiger partial charge is 0.481 e. The van der Waals surface area contributed by atoms with Crippen molar-refractivity contribution in [1.82, 2.24) is 0 Å². The van der Waals surface area contributed by atoms with Crippen LogP contribution in [0.3, 0.4) is 0 Å². The topological polar surface area (TPSA) is 94.8 Å². The van der Waals surface area contributed by atoms with E-state index in [4.69, 9.17) is 5.11 Å². The van der Waals surface area contributed by atoms with Gasteiger partial charge in [0.2, 0.25) is 0 Å². The number of aliphatic hydroxyl groups is 2. The van der Waals surface area contributed by atoms with Gasteiger partial charge in [0.05, 0.1) is 12.2 Å². The average Bonchev–Trinajstić information content (AvgIpc) is 2.88. The van der Waals surface area contributed by atoms with Crippen molar-refractivity contribution in [3.63, 3.8) is 0 Å². The first-order valence-electron chi connectivity index (χ1n) is 10.4. The second kappa shape index (κ2) is 13.7. The maximum absolute atomic E-state index is 12.2. The average molecular weight is 381 g/mol. The van der Waals surface area contributed by atoms with E-state index in [1.165, 1.54) is 0 Å².